The van der Waals surface area contributed by atoms with Gasteiger partial charge in [-0.15, -0.1) is 0 Å². The van der Waals surface area contributed by atoms with Gasteiger partial charge in [0.25, 0.3) is 5.91 Å². The number of piperazine rings is 1. The Kier molecular flexibility index (Phi) is 4.07. The number of methoxy groups -OCH3 is 1. The summed E-state index contributed by atoms with van der Waals surface area (Å²) >= 11 is 0. The molecule has 5 nitrogen and oxygen atoms in total. The van der Waals surface area contributed by atoms with Crippen molar-refractivity contribution in [3.05, 3.63) is 29.5 Å². The molecule has 1 amide bonds. The maximum atomic E-state index is 12.7. The van der Waals surface area contributed by atoms with Crippen LogP contribution < -0.4 is 4.74 Å². The number of benzene rings is 1. The van der Waals surface area contributed by atoms with Crippen molar-refractivity contribution in [2.24, 2.45) is 0 Å². The molecule has 5 heteroatoms. The van der Waals surface area contributed by atoms with Crippen LogP contribution in [-0.4, -0.2) is 55.5 Å². The third-order valence-electron chi connectivity index (χ3n) is 4.44. The second-order valence-electron chi connectivity index (χ2n) is 5.64. The number of fused-ring (bicyclic) bond motifs is 1. The molecule has 1 aromatic carbocycles. The highest BCUT2D eigenvalue weighted by molar-refractivity contribution is 5.99. The minimum Gasteiger partial charge on any atom is -0.497 e. The van der Waals surface area contributed by atoms with E-state index in [1.54, 1.807) is 7.11 Å². The molecule has 0 saturated carbocycles. The predicted octanol–water partition coefficient (Wildman–Crippen LogP) is 2.53. The number of likely N-dealkylation sites (N-methyl/N-ethyl adjacent to an activating group) is 1. The third-order valence-corrected chi connectivity index (χ3v) is 4.44. The number of carbonyl (C=O) groups excluding carboxylic acids is 1. The summed E-state index contributed by atoms with van der Waals surface area (Å²) in [4.78, 5) is 17.0. The highest BCUT2D eigenvalue weighted by Gasteiger charge is 2.26. The van der Waals surface area contributed by atoms with Crippen molar-refractivity contribution in [3.63, 3.8) is 0 Å². The molecular formula is C17H22N2O3. The number of furan rings is 1. The molecule has 0 spiro atoms. The lowest BCUT2D eigenvalue weighted by molar-refractivity contribution is 0.0613. The van der Waals surface area contributed by atoms with Crippen molar-refractivity contribution >= 4 is 16.9 Å². The quantitative estimate of drug-likeness (QED) is 0.874. The van der Waals surface area contributed by atoms with Gasteiger partial charge in [0.2, 0.25) is 0 Å². The monoisotopic (exact) mass is 302 g/mol. The first-order valence-corrected chi connectivity index (χ1v) is 7.72. The van der Waals surface area contributed by atoms with E-state index in [9.17, 15) is 4.79 Å². The minimum absolute atomic E-state index is 0.0107. The van der Waals surface area contributed by atoms with E-state index in [2.05, 4.69) is 11.8 Å². The van der Waals surface area contributed by atoms with Gasteiger partial charge in [0.1, 0.15) is 11.3 Å². The molecule has 1 aromatic heterocycles. The zero-order chi connectivity index (χ0) is 15.7. The molecule has 118 valence electrons. The van der Waals surface area contributed by atoms with Crippen LogP contribution in [0.15, 0.2) is 22.6 Å². The van der Waals surface area contributed by atoms with E-state index in [1.807, 2.05) is 30.0 Å². The van der Waals surface area contributed by atoms with Gasteiger partial charge in [0.05, 0.1) is 7.11 Å². The van der Waals surface area contributed by atoms with Crippen LogP contribution in [0, 0.1) is 6.92 Å². The molecule has 2 heterocycles. The molecule has 1 aliphatic heterocycles. The van der Waals surface area contributed by atoms with Gasteiger partial charge >= 0.3 is 0 Å². The van der Waals surface area contributed by atoms with Crippen molar-refractivity contribution in [1.29, 1.82) is 0 Å². The second-order valence-corrected chi connectivity index (χ2v) is 5.64. The van der Waals surface area contributed by atoms with E-state index >= 15 is 0 Å². The van der Waals surface area contributed by atoms with Crippen LogP contribution in [0.1, 0.15) is 23.0 Å². The standard InChI is InChI=1S/C17H22N2O3/c1-4-18-7-9-19(10-8-18)17(20)16-12(2)14-11-13(21-3)5-6-15(14)22-16/h5-6,11H,4,7-10H2,1-3H3. The fourth-order valence-electron chi connectivity index (χ4n) is 2.94. The lowest BCUT2D eigenvalue weighted by atomic mass is 10.1. The topological polar surface area (TPSA) is 45.9 Å². The lowest BCUT2D eigenvalue weighted by Gasteiger charge is -2.33. The van der Waals surface area contributed by atoms with Crippen LogP contribution in [0.2, 0.25) is 0 Å². The van der Waals surface area contributed by atoms with Crippen LogP contribution in [0.4, 0.5) is 0 Å². The Morgan fingerprint density at radius 2 is 2.00 bits per heavy atom. The SMILES string of the molecule is CCN1CCN(C(=O)c2oc3ccc(OC)cc3c2C)CC1. The average Bonchev–Trinajstić information content (AvgIpc) is 2.90. The average molecular weight is 302 g/mol. The molecule has 0 aliphatic carbocycles. The Hall–Kier alpha value is -2.01. The number of ether oxygens (including phenoxy) is 1. The van der Waals surface area contributed by atoms with E-state index in [-0.39, 0.29) is 5.91 Å². The summed E-state index contributed by atoms with van der Waals surface area (Å²) in [6.45, 7) is 8.48. The van der Waals surface area contributed by atoms with Gasteiger partial charge in [0, 0.05) is 37.1 Å². The molecule has 0 bridgehead atoms. The normalized spacial score (nSPS) is 16.2. The Bertz CT molecular complexity index is 685. The molecule has 0 radical (unpaired) electrons. The molecule has 0 atom stereocenters. The summed E-state index contributed by atoms with van der Waals surface area (Å²) in [6.07, 6.45) is 0. The molecule has 22 heavy (non-hydrogen) atoms. The van der Waals surface area contributed by atoms with Gasteiger partial charge in [-0.1, -0.05) is 6.92 Å². The van der Waals surface area contributed by atoms with E-state index in [0.29, 0.717) is 5.76 Å². The first-order valence-electron chi connectivity index (χ1n) is 7.72. The fraction of sp³-hybridized carbons (Fsp3) is 0.471. The predicted molar refractivity (Wildman–Crippen MR) is 85.5 cm³/mol. The molecular weight excluding hydrogens is 280 g/mol. The number of hydrogen-bond acceptors (Lipinski definition) is 4. The first kappa shape index (κ1) is 14.9. The number of rotatable bonds is 3. The van der Waals surface area contributed by atoms with Crippen molar-refractivity contribution < 1.29 is 13.9 Å². The van der Waals surface area contributed by atoms with Crippen molar-refractivity contribution in [1.82, 2.24) is 9.80 Å². The molecule has 0 N–H and O–H groups in total. The van der Waals surface area contributed by atoms with Crippen LogP contribution in [0.25, 0.3) is 11.0 Å². The summed E-state index contributed by atoms with van der Waals surface area (Å²) in [6, 6.07) is 5.62. The third kappa shape index (κ3) is 2.57. The summed E-state index contributed by atoms with van der Waals surface area (Å²) in [5.74, 6) is 1.21. The summed E-state index contributed by atoms with van der Waals surface area (Å²) in [7, 11) is 1.63. The van der Waals surface area contributed by atoms with Crippen LogP contribution in [0.3, 0.4) is 0 Å². The highest BCUT2D eigenvalue weighted by Crippen LogP contribution is 2.29. The van der Waals surface area contributed by atoms with Gasteiger partial charge in [0.15, 0.2) is 5.76 Å². The largest absolute Gasteiger partial charge is 0.497 e. The number of aryl methyl sites for hydroxylation is 1. The van der Waals surface area contributed by atoms with E-state index in [1.165, 1.54) is 0 Å². The van der Waals surface area contributed by atoms with Crippen molar-refractivity contribution in [2.75, 3.05) is 39.8 Å². The highest BCUT2D eigenvalue weighted by atomic mass is 16.5. The molecule has 2 aromatic rings. The van der Waals surface area contributed by atoms with Crippen LogP contribution in [0.5, 0.6) is 5.75 Å². The number of hydrogen-bond donors (Lipinski definition) is 0. The second kappa shape index (κ2) is 6.01. The van der Waals surface area contributed by atoms with Gasteiger partial charge < -0.3 is 19.0 Å². The van der Waals surface area contributed by atoms with Crippen molar-refractivity contribution in [2.45, 2.75) is 13.8 Å². The number of nitrogens with zero attached hydrogens (tertiary/aromatic N) is 2. The zero-order valence-corrected chi connectivity index (χ0v) is 13.4. The summed E-state index contributed by atoms with van der Waals surface area (Å²) < 4.78 is 11.1. The van der Waals surface area contributed by atoms with E-state index in [0.717, 1.165) is 55.0 Å². The minimum atomic E-state index is -0.0107. The molecule has 3 rings (SSSR count). The van der Waals surface area contributed by atoms with Gasteiger partial charge in [-0.3, -0.25) is 4.79 Å². The molecule has 0 unspecified atom stereocenters. The van der Waals surface area contributed by atoms with Crippen LogP contribution >= 0.6 is 0 Å². The zero-order valence-electron chi connectivity index (χ0n) is 13.4. The summed E-state index contributed by atoms with van der Waals surface area (Å²) in [5.41, 5.74) is 1.62. The van der Waals surface area contributed by atoms with Gasteiger partial charge in [-0.25, -0.2) is 0 Å². The van der Waals surface area contributed by atoms with E-state index in [4.69, 9.17) is 9.15 Å². The summed E-state index contributed by atoms with van der Waals surface area (Å²) in [5, 5.41) is 0.940. The fourth-order valence-corrected chi connectivity index (χ4v) is 2.94. The Morgan fingerprint density at radius 3 is 2.64 bits per heavy atom. The Morgan fingerprint density at radius 1 is 1.27 bits per heavy atom. The smallest absolute Gasteiger partial charge is 0.289 e. The Labute approximate surface area is 130 Å². The van der Waals surface area contributed by atoms with Gasteiger partial charge in [-0.2, -0.15) is 0 Å². The molecule has 1 saturated heterocycles. The maximum absolute atomic E-state index is 12.7. The molecule has 1 aliphatic rings. The number of amides is 1. The van der Waals surface area contributed by atoms with E-state index < -0.39 is 0 Å². The Balaban J connectivity index is 1.86. The van der Waals surface area contributed by atoms with Crippen LogP contribution in [-0.2, 0) is 0 Å². The van der Waals surface area contributed by atoms with Gasteiger partial charge in [-0.05, 0) is 31.7 Å². The van der Waals surface area contributed by atoms with Crippen molar-refractivity contribution in [3.8, 4) is 5.75 Å². The number of carbonyl (C=O) groups is 1. The molecule has 1 fully saturated rings. The maximum Gasteiger partial charge on any atom is 0.289 e. The lowest BCUT2D eigenvalue weighted by Crippen LogP contribution is -2.48. The first-order chi connectivity index (χ1) is 10.6.